The molecule has 20 heavy (non-hydrogen) atoms. The summed E-state index contributed by atoms with van der Waals surface area (Å²) in [4.78, 5) is -1.13. The van der Waals surface area contributed by atoms with Crippen molar-refractivity contribution in [3.05, 3.63) is 29.6 Å². The van der Waals surface area contributed by atoms with Crippen molar-refractivity contribution in [2.45, 2.75) is 24.3 Å². The molecule has 1 rings (SSSR count). The summed E-state index contributed by atoms with van der Waals surface area (Å²) in [6.07, 6.45) is 0.0511. The Labute approximate surface area is 120 Å². The number of hydrogen-bond donors (Lipinski definition) is 1. The molecule has 0 aromatic heterocycles. The number of rotatable bonds is 5. The number of hydrogen-bond acceptors (Lipinski definition) is 3. The summed E-state index contributed by atoms with van der Waals surface area (Å²) >= 11 is 4.66. The van der Waals surface area contributed by atoms with Crippen molar-refractivity contribution in [2.75, 3.05) is 7.05 Å². The van der Waals surface area contributed by atoms with Gasteiger partial charge in [0.2, 0.25) is 10.0 Å². The Morgan fingerprint density at radius 3 is 2.20 bits per heavy atom. The lowest BCUT2D eigenvalue weighted by atomic mass is 10.2. The third-order valence-corrected chi connectivity index (χ3v) is 4.91. The topological polar surface area (TPSA) is 63.4 Å². The summed E-state index contributed by atoms with van der Waals surface area (Å²) in [6.45, 7) is 1.48. The van der Waals surface area contributed by atoms with E-state index in [1.165, 1.54) is 6.92 Å². The van der Waals surface area contributed by atoms with Gasteiger partial charge in [0.1, 0.15) is 17.5 Å². The predicted octanol–water partition coefficient (Wildman–Crippen LogP) is 1.79. The van der Waals surface area contributed by atoms with Gasteiger partial charge in [-0.25, -0.2) is 21.6 Å². The van der Waals surface area contributed by atoms with Gasteiger partial charge in [-0.15, -0.1) is 0 Å². The first-order valence-corrected chi connectivity index (χ1v) is 7.33. The lowest BCUT2D eigenvalue weighted by molar-refractivity contribution is 0.388. The first-order chi connectivity index (χ1) is 9.07. The van der Waals surface area contributed by atoms with E-state index in [2.05, 4.69) is 12.2 Å². The molecule has 112 valence electrons. The molecule has 0 amide bonds. The van der Waals surface area contributed by atoms with Crippen LogP contribution in [0.5, 0.6) is 0 Å². The van der Waals surface area contributed by atoms with Crippen molar-refractivity contribution >= 4 is 27.2 Å². The minimum Gasteiger partial charge on any atom is -0.393 e. The maximum Gasteiger partial charge on any atom is 0.248 e. The van der Waals surface area contributed by atoms with Crippen molar-refractivity contribution in [2.24, 2.45) is 5.73 Å². The van der Waals surface area contributed by atoms with E-state index in [0.29, 0.717) is 12.1 Å². The minimum atomic E-state index is -4.46. The molecule has 0 fully saturated rings. The van der Waals surface area contributed by atoms with Crippen molar-refractivity contribution < 1.29 is 21.6 Å². The fraction of sp³-hybridized carbons (Fsp3) is 0.364. The molecule has 0 saturated carbocycles. The number of sulfonamides is 1. The molecule has 0 spiro atoms. The first-order valence-electron chi connectivity index (χ1n) is 5.48. The summed E-state index contributed by atoms with van der Waals surface area (Å²) in [7, 11) is -3.32. The SMILES string of the molecule is CC(CC(N)=S)N(C)S(=O)(=O)c1c(F)cc(F)cc1F. The van der Waals surface area contributed by atoms with Gasteiger partial charge in [0.25, 0.3) is 0 Å². The van der Waals surface area contributed by atoms with Gasteiger partial charge in [-0.2, -0.15) is 4.31 Å². The smallest absolute Gasteiger partial charge is 0.248 e. The Kier molecular flexibility index (Phi) is 5.11. The van der Waals surface area contributed by atoms with Crippen LogP contribution in [0.1, 0.15) is 13.3 Å². The van der Waals surface area contributed by atoms with Crippen LogP contribution in [0.25, 0.3) is 0 Å². The second-order valence-electron chi connectivity index (χ2n) is 4.24. The van der Waals surface area contributed by atoms with Crippen LogP contribution in [0.3, 0.4) is 0 Å². The number of halogens is 3. The Balaban J connectivity index is 3.27. The summed E-state index contributed by atoms with van der Waals surface area (Å²) in [5, 5.41) is 0. The lowest BCUT2D eigenvalue weighted by Gasteiger charge is -2.24. The molecule has 0 bridgehead atoms. The van der Waals surface area contributed by atoms with Gasteiger partial charge in [0, 0.05) is 31.6 Å². The van der Waals surface area contributed by atoms with Crippen molar-refractivity contribution in [1.29, 1.82) is 0 Å². The van der Waals surface area contributed by atoms with Crippen LogP contribution in [-0.4, -0.2) is 30.8 Å². The number of nitrogens with zero attached hydrogens (tertiary/aromatic N) is 1. The van der Waals surface area contributed by atoms with Crippen LogP contribution in [0.15, 0.2) is 17.0 Å². The molecular weight excluding hydrogens is 313 g/mol. The average molecular weight is 326 g/mol. The van der Waals surface area contributed by atoms with Crippen molar-refractivity contribution in [1.82, 2.24) is 4.31 Å². The standard InChI is InChI=1S/C11H13F3N2O2S2/c1-6(3-10(15)19)16(2)20(17,18)11-8(13)4-7(12)5-9(11)14/h4-6H,3H2,1-2H3,(H2,15,19). The van der Waals surface area contributed by atoms with Gasteiger partial charge in [0.15, 0.2) is 4.90 Å². The van der Waals surface area contributed by atoms with E-state index in [0.717, 1.165) is 11.4 Å². The van der Waals surface area contributed by atoms with Crippen LogP contribution in [-0.2, 0) is 10.0 Å². The highest BCUT2D eigenvalue weighted by Crippen LogP contribution is 2.24. The van der Waals surface area contributed by atoms with E-state index >= 15 is 0 Å². The maximum absolute atomic E-state index is 13.6. The van der Waals surface area contributed by atoms with E-state index in [1.807, 2.05) is 0 Å². The zero-order chi connectivity index (χ0) is 15.7. The second-order valence-corrected chi connectivity index (χ2v) is 6.70. The molecule has 1 atom stereocenters. The van der Waals surface area contributed by atoms with Gasteiger partial charge < -0.3 is 5.73 Å². The quantitative estimate of drug-likeness (QED) is 0.838. The molecule has 1 aromatic rings. The third kappa shape index (κ3) is 3.47. The summed E-state index contributed by atoms with van der Waals surface area (Å²) in [5.74, 6) is -4.17. The predicted molar refractivity (Wildman–Crippen MR) is 72.1 cm³/mol. The van der Waals surface area contributed by atoms with Gasteiger partial charge in [0.05, 0.1) is 4.99 Å². The largest absolute Gasteiger partial charge is 0.393 e. The first kappa shape index (κ1) is 16.9. The summed E-state index contributed by atoms with van der Waals surface area (Å²) in [6, 6.07) is -0.0780. The van der Waals surface area contributed by atoms with Crippen molar-refractivity contribution in [3.63, 3.8) is 0 Å². The van der Waals surface area contributed by atoms with E-state index in [9.17, 15) is 21.6 Å². The molecule has 1 aromatic carbocycles. The number of thiocarbonyl (C=S) groups is 1. The molecule has 1 unspecified atom stereocenters. The molecule has 9 heteroatoms. The fourth-order valence-electron chi connectivity index (χ4n) is 1.58. The Morgan fingerprint density at radius 1 is 1.35 bits per heavy atom. The normalized spacial score (nSPS) is 13.5. The minimum absolute atomic E-state index is 0.0511. The van der Waals surface area contributed by atoms with Crippen LogP contribution < -0.4 is 5.73 Å². The molecule has 0 heterocycles. The zero-order valence-electron chi connectivity index (χ0n) is 10.7. The molecule has 4 nitrogen and oxygen atoms in total. The van der Waals surface area contributed by atoms with Gasteiger partial charge in [-0.3, -0.25) is 0 Å². The Morgan fingerprint density at radius 2 is 1.80 bits per heavy atom. The number of benzene rings is 1. The lowest BCUT2D eigenvalue weighted by Crippen LogP contribution is -2.38. The van der Waals surface area contributed by atoms with E-state index in [4.69, 9.17) is 5.73 Å². The van der Waals surface area contributed by atoms with Crippen LogP contribution in [0, 0.1) is 17.5 Å². The molecule has 0 aliphatic rings. The van der Waals surface area contributed by atoms with E-state index < -0.39 is 38.4 Å². The molecular formula is C11H13F3N2O2S2. The maximum atomic E-state index is 13.6. The van der Waals surface area contributed by atoms with E-state index in [1.54, 1.807) is 0 Å². The fourth-order valence-corrected chi connectivity index (χ4v) is 3.26. The Hall–Kier alpha value is -1.19. The molecule has 0 saturated heterocycles. The summed E-state index contributed by atoms with van der Waals surface area (Å²) in [5.41, 5.74) is 5.30. The number of nitrogens with two attached hydrogens (primary N) is 1. The van der Waals surface area contributed by atoms with Gasteiger partial charge >= 0.3 is 0 Å². The molecule has 0 aliphatic heterocycles. The monoisotopic (exact) mass is 326 g/mol. The van der Waals surface area contributed by atoms with Crippen molar-refractivity contribution in [3.8, 4) is 0 Å². The molecule has 0 aliphatic carbocycles. The highest BCUT2D eigenvalue weighted by molar-refractivity contribution is 7.89. The van der Waals surface area contributed by atoms with Crippen LogP contribution in [0.2, 0.25) is 0 Å². The zero-order valence-corrected chi connectivity index (χ0v) is 12.4. The third-order valence-electron chi connectivity index (χ3n) is 2.72. The van der Waals surface area contributed by atoms with E-state index in [-0.39, 0.29) is 11.4 Å². The molecule has 0 radical (unpaired) electrons. The average Bonchev–Trinajstić information content (AvgIpc) is 2.24. The van der Waals surface area contributed by atoms with Crippen LogP contribution >= 0.6 is 12.2 Å². The molecule has 2 N–H and O–H groups in total. The van der Waals surface area contributed by atoms with Gasteiger partial charge in [-0.1, -0.05) is 12.2 Å². The highest BCUT2D eigenvalue weighted by Gasteiger charge is 2.32. The summed E-state index contributed by atoms with van der Waals surface area (Å²) < 4.78 is 65.0. The van der Waals surface area contributed by atoms with Crippen LogP contribution in [0.4, 0.5) is 13.2 Å². The highest BCUT2D eigenvalue weighted by atomic mass is 32.2. The van der Waals surface area contributed by atoms with Gasteiger partial charge in [-0.05, 0) is 6.92 Å². The Bertz CT molecular complexity index is 612. The second kappa shape index (κ2) is 6.06.